The Balaban J connectivity index is 0.000000270. The summed E-state index contributed by atoms with van der Waals surface area (Å²) in [6, 6.07) is 0. The summed E-state index contributed by atoms with van der Waals surface area (Å²) in [6.07, 6.45) is 3.35. The molecule has 50 heavy (non-hydrogen) atoms. The van der Waals surface area contributed by atoms with Crippen molar-refractivity contribution in [1.29, 1.82) is 0 Å². The third kappa shape index (κ3) is 11.4. The second-order valence-corrected chi connectivity index (χ2v) is 23.7. The first-order valence-electron chi connectivity index (χ1n) is 18.6. The van der Waals surface area contributed by atoms with Crippen molar-refractivity contribution in [2.45, 2.75) is 156 Å². The van der Waals surface area contributed by atoms with Crippen LogP contribution in [0.5, 0.6) is 0 Å². The number of rotatable bonds is 4. The molecule has 0 aromatic rings. The van der Waals surface area contributed by atoms with E-state index in [0.29, 0.717) is 50.9 Å². The van der Waals surface area contributed by atoms with Crippen LogP contribution in [0.25, 0.3) is 0 Å². The van der Waals surface area contributed by atoms with Gasteiger partial charge in [-0.2, -0.15) is 0 Å². The van der Waals surface area contributed by atoms with Crippen LogP contribution < -0.4 is 0 Å². The van der Waals surface area contributed by atoms with Crippen LogP contribution in [0.3, 0.4) is 0 Å². The molecule has 0 aromatic carbocycles. The zero-order chi connectivity index (χ0) is 38.1. The highest BCUT2D eigenvalue weighted by Crippen LogP contribution is 2.49. The predicted molar refractivity (Wildman–Crippen MR) is 202 cm³/mol. The van der Waals surface area contributed by atoms with Crippen molar-refractivity contribution in [2.75, 3.05) is 50.9 Å². The largest absolute Gasteiger partial charge is 0.444 e. The minimum atomic E-state index is -0.892. The van der Waals surface area contributed by atoms with E-state index >= 15 is 0 Å². The lowest BCUT2D eigenvalue weighted by Crippen LogP contribution is -2.49. The van der Waals surface area contributed by atoms with Gasteiger partial charge in [0.2, 0.25) is 0 Å². The van der Waals surface area contributed by atoms with Gasteiger partial charge in [-0.15, -0.1) is 0 Å². The zero-order valence-electron chi connectivity index (χ0n) is 33.8. The van der Waals surface area contributed by atoms with Gasteiger partial charge in [0.05, 0.1) is 25.4 Å². The van der Waals surface area contributed by atoms with Gasteiger partial charge in [-0.05, 0) is 123 Å². The second-order valence-electron chi connectivity index (χ2n) is 19.2. The van der Waals surface area contributed by atoms with Crippen molar-refractivity contribution in [3.8, 4) is 0 Å². The van der Waals surface area contributed by atoms with Gasteiger partial charge in [0.1, 0.15) is 11.2 Å². The number of likely N-dealkylation sites (tertiary alicyclic amines) is 2. The molecule has 0 saturated carbocycles. The van der Waals surface area contributed by atoms with E-state index in [1.807, 2.05) is 83.1 Å². The molecule has 0 unspecified atom stereocenters. The van der Waals surface area contributed by atoms with Gasteiger partial charge < -0.3 is 28.7 Å². The van der Waals surface area contributed by atoms with Crippen LogP contribution >= 0.6 is 0 Å². The van der Waals surface area contributed by atoms with Crippen molar-refractivity contribution in [2.24, 2.45) is 22.7 Å². The molecule has 292 valence electrons. The lowest BCUT2D eigenvalue weighted by atomic mass is 9.70. The molecular weight excluding hydrogens is 677 g/mol. The van der Waals surface area contributed by atoms with Crippen LogP contribution in [-0.4, -0.2) is 114 Å². The Labute approximate surface area is 308 Å². The highest BCUT2D eigenvalue weighted by atomic mass is 32.2. The van der Waals surface area contributed by atoms with Crippen molar-refractivity contribution >= 4 is 33.8 Å². The number of nitrogens with zero attached hydrogens (tertiary/aromatic N) is 2. The quantitative estimate of drug-likeness (QED) is 0.298. The van der Waals surface area contributed by atoms with E-state index in [-0.39, 0.29) is 56.6 Å². The highest BCUT2D eigenvalue weighted by Gasteiger charge is 2.52. The van der Waals surface area contributed by atoms with Crippen LogP contribution in [0.15, 0.2) is 0 Å². The maximum Gasteiger partial charge on any atom is 0.410 e. The Morgan fingerprint density at radius 1 is 0.600 bits per heavy atom. The summed E-state index contributed by atoms with van der Waals surface area (Å²) in [5.41, 5.74) is -0.857. The lowest BCUT2D eigenvalue weighted by molar-refractivity contribution is 0.00394. The van der Waals surface area contributed by atoms with E-state index < -0.39 is 32.8 Å². The van der Waals surface area contributed by atoms with Crippen LogP contribution in [0.4, 0.5) is 9.59 Å². The summed E-state index contributed by atoms with van der Waals surface area (Å²) in [5, 5.41) is 0. The average Bonchev–Trinajstić information content (AvgIpc) is 3.42. The molecule has 4 heterocycles. The minimum Gasteiger partial charge on any atom is -0.444 e. The average molecular weight is 747 g/mol. The maximum absolute atomic E-state index is 12.7. The summed E-state index contributed by atoms with van der Waals surface area (Å²) in [4.78, 5) is 28.2. The summed E-state index contributed by atoms with van der Waals surface area (Å²) in [5.74, 6) is 1.93. The molecule has 4 rings (SSSR count). The third-order valence-corrected chi connectivity index (χ3v) is 14.9. The normalized spacial score (nSPS) is 28.2. The fourth-order valence-electron chi connectivity index (χ4n) is 7.44. The van der Waals surface area contributed by atoms with E-state index in [1.54, 1.807) is 9.80 Å². The van der Waals surface area contributed by atoms with Gasteiger partial charge >= 0.3 is 12.2 Å². The zero-order valence-corrected chi connectivity index (χ0v) is 35.4. The van der Waals surface area contributed by atoms with Gasteiger partial charge in [-0.3, -0.25) is 8.42 Å². The predicted octanol–water partition coefficient (Wildman–Crippen LogP) is 7.17. The lowest BCUT2D eigenvalue weighted by Gasteiger charge is -2.43. The molecule has 0 aromatic heterocycles. The standard InChI is InChI=1S/2C19H35NO4S/c2*1-14-15(12-25(22)18(5,6)7)19(13-23-14)8-10-20(11-9-19)16(21)24-17(2,3)4/h2*14-15H,8-13H2,1-7H3/t14-,15+,25-;14-,15-,25+/m01/s1. The van der Waals surface area contributed by atoms with Crippen molar-refractivity contribution in [1.82, 2.24) is 9.80 Å². The van der Waals surface area contributed by atoms with Crippen LogP contribution in [0.1, 0.15) is 123 Å². The van der Waals surface area contributed by atoms with Crippen molar-refractivity contribution < 1.29 is 37.0 Å². The summed E-state index contributed by atoms with van der Waals surface area (Å²) < 4.78 is 47.9. The van der Waals surface area contributed by atoms with Crippen molar-refractivity contribution in [3.63, 3.8) is 0 Å². The van der Waals surface area contributed by atoms with Gasteiger partial charge in [-0.1, -0.05) is 0 Å². The molecule has 4 fully saturated rings. The number of hydrogen-bond donors (Lipinski definition) is 0. The molecule has 2 amide bonds. The highest BCUT2D eigenvalue weighted by molar-refractivity contribution is 7.86. The summed E-state index contributed by atoms with van der Waals surface area (Å²) >= 11 is 0. The molecule has 2 spiro atoms. The Kier molecular flexibility index (Phi) is 13.8. The molecule has 4 aliphatic rings. The fourth-order valence-corrected chi connectivity index (χ4v) is 10.3. The molecule has 0 aliphatic carbocycles. The molecule has 0 bridgehead atoms. The SMILES string of the molecule is C[C@@H]1OCC2(CCN(C(=O)OC(C)(C)C)CC2)[C@@H]1C[S@](=O)C(C)(C)C.C[C@H]1OCC2(CCN(C(=O)OC(C)(C)C)CC2)[C@@H]1C[S@](=O)C(C)(C)C. The topological polar surface area (TPSA) is 112 Å². The third-order valence-electron chi connectivity index (χ3n) is 10.8. The molecule has 6 atom stereocenters. The molecule has 4 saturated heterocycles. The Morgan fingerprint density at radius 3 is 1.12 bits per heavy atom. The smallest absolute Gasteiger partial charge is 0.410 e. The van der Waals surface area contributed by atoms with E-state index in [0.717, 1.165) is 25.7 Å². The monoisotopic (exact) mass is 746 g/mol. The van der Waals surface area contributed by atoms with Crippen LogP contribution in [-0.2, 0) is 40.5 Å². The first-order valence-corrected chi connectivity index (χ1v) is 21.3. The van der Waals surface area contributed by atoms with Gasteiger partial charge in [-0.25, -0.2) is 9.59 Å². The first-order chi connectivity index (χ1) is 22.7. The Morgan fingerprint density at radius 2 is 0.880 bits per heavy atom. The number of hydrogen-bond acceptors (Lipinski definition) is 8. The molecule has 0 N–H and O–H groups in total. The number of amides is 2. The number of piperidine rings is 2. The fraction of sp³-hybridized carbons (Fsp3) is 0.947. The number of carbonyl (C=O) groups excluding carboxylic acids is 2. The molecule has 12 heteroatoms. The van der Waals surface area contributed by atoms with Gasteiger partial charge in [0.15, 0.2) is 0 Å². The molecule has 10 nitrogen and oxygen atoms in total. The second kappa shape index (κ2) is 16.0. The summed E-state index contributed by atoms with van der Waals surface area (Å²) in [6.45, 7) is 31.9. The van der Waals surface area contributed by atoms with E-state index in [1.165, 1.54) is 0 Å². The Hall–Kier alpha value is -1.24. The summed E-state index contributed by atoms with van der Waals surface area (Å²) in [7, 11) is -1.78. The van der Waals surface area contributed by atoms with Crippen LogP contribution in [0.2, 0.25) is 0 Å². The van der Waals surface area contributed by atoms with Crippen molar-refractivity contribution in [3.05, 3.63) is 0 Å². The first kappa shape index (κ1) is 43.2. The number of ether oxygens (including phenoxy) is 4. The number of carbonyl (C=O) groups is 2. The molecule has 4 aliphatic heterocycles. The van der Waals surface area contributed by atoms with Gasteiger partial charge in [0, 0.05) is 91.4 Å². The minimum absolute atomic E-state index is 0.0405. The van der Waals surface area contributed by atoms with Gasteiger partial charge in [0.25, 0.3) is 0 Å². The Bertz CT molecular complexity index is 1120. The van der Waals surface area contributed by atoms with E-state index in [2.05, 4.69) is 13.8 Å². The van der Waals surface area contributed by atoms with Crippen LogP contribution in [0, 0.1) is 22.7 Å². The van der Waals surface area contributed by atoms with E-state index in [4.69, 9.17) is 18.9 Å². The maximum atomic E-state index is 12.7. The molecular formula is C38H70N2O8S2. The molecule has 0 radical (unpaired) electrons. The van der Waals surface area contributed by atoms with E-state index in [9.17, 15) is 18.0 Å².